The molecule has 154 valence electrons. The SMILES string of the molecule is COC(=O)COc1ccc(NC(=O)C23CC(CN2)C3)cc1.O=C(O)C(F)(F)F. The zero-order valence-corrected chi connectivity index (χ0v) is 14.8. The number of esters is 1. The molecular formula is C17H19F3N2O6. The maximum Gasteiger partial charge on any atom is 0.490 e. The van der Waals surface area contributed by atoms with Crippen LogP contribution in [0.4, 0.5) is 18.9 Å². The summed E-state index contributed by atoms with van der Waals surface area (Å²) in [6, 6.07) is 6.93. The zero-order chi connectivity index (χ0) is 20.9. The molecule has 1 aromatic rings. The standard InChI is InChI=1S/C15H18N2O4.C2HF3O2/c1-20-13(18)9-21-12-4-2-11(3-5-12)17-14(19)15-6-10(7-15)8-16-15;3-2(4,5)1(6)7/h2-5,10,16H,6-9H2,1H3,(H,17,19);(H,6,7). The van der Waals surface area contributed by atoms with Gasteiger partial charge in [-0.25, -0.2) is 9.59 Å². The smallest absolute Gasteiger partial charge is 0.482 e. The monoisotopic (exact) mass is 404 g/mol. The number of alkyl halides is 3. The van der Waals surface area contributed by atoms with Gasteiger partial charge in [-0.2, -0.15) is 13.2 Å². The van der Waals surface area contributed by atoms with Crippen molar-refractivity contribution in [2.24, 2.45) is 5.92 Å². The Hall–Kier alpha value is -2.82. The third-order valence-corrected chi connectivity index (χ3v) is 4.38. The number of ether oxygens (including phenoxy) is 2. The van der Waals surface area contributed by atoms with Gasteiger partial charge in [0.25, 0.3) is 0 Å². The molecule has 1 aliphatic carbocycles. The van der Waals surface area contributed by atoms with Gasteiger partial charge in [0.15, 0.2) is 6.61 Å². The first-order valence-electron chi connectivity index (χ1n) is 8.22. The number of amides is 1. The summed E-state index contributed by atoms with van der Waals surface area (Å²) in [6.07, 6.45) is -3.22. The Bertz CT molecular complexity index is 724. The molecule has 0 radical (unpaired) electrons. The van der Waals surface area contributed by atoms with Crippen LogP contribution in [0.2, 0.25) is 0 Å². The number of fused-ring (bicyclic) bond motifs is 1. The molecule has 0 aromatic heterocycles. The van der Waals surface area contributed by atoms with E-state index in [0.29, 0.717) is 11.7 Å². The highest BCUT2D eigenvalue weighted by Gasteiger charge is 2.55. The molecule has 28 heavy (non-hydrogen) atoms. The lowest BCUT2D eigenvalue weighted by Crippen LogP contribution is -2.53. The molecule has 2 aliphatic heterocycles. The number of carboxylic acids is 1. The first-order valence-corrected chi connectivity index (χ1v) is 8.22. The molecule has 1 amide bonds. The third-order valence-electron chi connectivity index (χ3n) is 4.38. The number of hydrogen-bond acceptors (Lipinski definition) is 6. The van der Waals surface area contributed by atoms with Crippen molar-refractivity contribution in [3.05, 3.63) is 24.3 Å². The van der Waals surface area contributed by atoms with Crippen molar-refractivity contribution < 1.29 is 42.1 Å². The lowest BCUT2D eigenvalue weighted by molar-refractivity contribution is -0.192. The van der Waals surface area contributed by atoms with E-state index in [-0.39, 0.29) is 18.1 Å². The average molecular weight is 404 g/mol. The number of rotatable bonds is 5. The van der Waals surface area contributed by atoms with Crippen LogP contribution in [0.25, 0.3) is 0 Å². The summed E-state index contributed by atoms with van der Waals surface area (Å²) in [4.78, 5) is 32.1. The number of carboxylic acid groups (broad SMARTS) is 1. The van der Waals surface area contributed by atoms with Crippen LogP contribution in [0.5, 0.6) is 5.75 Å². The number of aliphatic carboxylic acids is 1. The van der Waals surface area contributed by atoms with Crippen molar-refractivity contribution in [3.63, 3.8) is 0 Å². The maximum atomic E-state index is 12.2. The summed E-state index contributed by atoms with van der Waals surface area (Å²) in [6.45, 7) is 0.810. The fourth-order valence-electron chi connectivity index (χ4n) is 2.91. The van der Waals surface area contributed by atoms with Gasteiger partial charge in [-0.05, 0) is 49.6 Å². The molecule has 8 nitrogen and oxygen atoms in total. The van der Waals surface area contributed by atoms with E-state index in [1.165, 1.54) is 7.11 Å². The van der Waals surface area contributed by atoms with E-state index in [4.69, 9.17) is 14.6 Å². The van der Waals surface area contributed by atoms with Gasteiger partial charge in [0.05, 0.1) is 12.6 Å². The first-order chi connectivity index (χ1) is 13.1. The van der Waals surface area contributed by atoms with Gasteiger partial charge in [0.2, 0.25) is 5.91 Å². The van der Waals surface area contributed by atoms with Gasteiger partial charge >= 0.3 is 18.1 Å². The Kier molecular flexibility index (Phi) is 6.49. The van der Waals surface area contributed by atoms with E-state index >= 15 is 0 Å². The summed E-state index contributed by atoms with van der Waals surface area (Å²) in [5.41, 5.74) is 0.363. The van der Waals surface area contributed by atoms with E-state index < -0.39 is 18.1 Å². The first kappa shape index (κ1) is 21.5. The second kappa shape index (κ2) is 8.46. The van der Waals surface area contributed by atoms with E-state index in [1.807, 2.05) is 0 Å². The molecule has 1 saturated carbocycles. The van der Waals surface area contributed by atoms with E-state index in [2.05, 4.69) is 15.4 Å². The third kappa shape index (κ3) is 5.35. The number of benzene rings is 1. The van der Waals surface area contributed by atoms with E-state index in [9.17, 15) is 22.8 Å². The van der Waals surface area contributed by atoms with Crippen molar-refractivity contribution in [3.8, 4) is 5.75 Å². The number of nitrogens with one attached hydrogen (secondary N) is 2. The van der Waals surface area contributed by atoms with Gasteiger partial charge in [-0.15, -0.1) is 0 Å². The van der Waals surface area contributed by atoms with Crippen LogP contribution in [0.15, 0.2) is 24.3 Å². The van der Waals surface area contributed by atoms with Crippen LogP contribution in [0.3, 0.4) is 0 Å². The highest BCUT2D eigenvalue weighted by Crippen LogP contribution is 2.44. The van der Waals surface area contributed by atoms with Crippen LogP contribution in [-0.2, 0) is 19.1 Å². The quantitative estimate of drug-likeness (QED) is 0.638. The van der Waals surface area contributed by atoms with Crippen molar-refractivity contribution in [2.45, 2.75) is 24.6 Å². The summed E-state index contributed by atoms with van der Waals surface area (Å²) in [5, 5.41) is 13.3. The molecular weight excluding hydrogens is 385 g/mol. The molecule has 4 rings (SSSR count). The minimum Gasteiger partial charge on any atom is -0.482 e. The molecule has 3 aliphatic rings. The number of anilines is 1. The van der Waals surface area contributed by atoms with E-state index in [0.717, 1.165) is 25.1 Å². The topological polar surface area (TPSA) is 114 Å². The predicted octanol–water partition coefficient (Wildman–Crippen LogP) is 1.56. The van der Waals surface area contributed by atoms with Crippen LogP contribution in [-0.4, -0.2) is 54.9 Å². The summed E-state index contributed by atoms with van der Waals surface area (Å²) < 4.78 is 41.5. The zero-order valence-electron chi connectivity index (χ0n) is 14.8. The summed E-state index contributed by atoms with van der Waals surface area (Å²) in [7, 11) is 1.31. The fourth-order valence-corrected chi connectivity index (χ4v) is 2.91. The van der Waals surface area contributed by atoms with Gasteiger partial charge in [0.1, 0.15) is 5.75 Å². The Morgan fingerprint density at radius 2 is 1.82 bits per heavy atom. The van der Waals surface area contributed by atoms with Crippen LogP contribution in [0, 0.1) is 5.92 Å². The highest BCUT2D eigenvalue weighted by molar-refractivity contribution is 5.99. The molecule has 0 spiro atoms. The lowest BCUT2D eigenvalue weighted by Gasteiger charge is -2.35. The molecule has 2 heterocycles. The molecule has 0 atom stereocenters. The lowest BCUT2D eigenvalue weighted by atomic mass is 9.73. The minimum absolute atomic E-state index is 0.0273. The van der Waals surface area contributed by atoms with Crippen LogP contribution < -0.4 is 15.4 Å². The minimum atomic E-state index is -5.08. The summed E-state index contributed by atoms with van der Waals surface area (Å²) in [5.74, 6) is -1.95. The Morgan fingerprint density at radius 1 is 1.25 bits per heavy atom. The number of carbonyl (C=O) groups is 3. The van der Waals surface area contributed by atoms with Gasteiger partial charge in [-0.1, -0.05) is 0 Å². The van der Waals surface area contributed by atoms with Gasteiger partial charge in [-0.3, -0.25) is 4.79 Å². The van der Waals surface area contributed by atoms with Crippen molar-refractivity contribution in [2.75, 3.05) is 25.6 Å². The second-order valence-corrected chi connectivity index (χ2v) is 6.38. The Balaban J connectivity index is 0.000000345. The number of methoxy groups -OCH3 is 1. The van der Waals surface area contributed by atoms with Gasteiger partial charge < -0.3 is 25.2 Å². The largest absolute Gasteiger partial charge is 0.490 e. The van der Waals surface area contributed by atoms with Crippen LogP contribution >= 0.6 is 0 Å². The predicted molar refractivity (Wildman–Crippen MR) is 89.7 cm³/mol. The van der Waals surface area contributed by atoms with Gasteiger partial charge in [0, 0.05) is 5.69 Å². The second-order valence-electron chi connectivity index (χ2n) is 6.38. The molecule has 1 aromatic carbocycles. The molecule has 3 N–H and O–H groups in total. The van der Waals surface area contributed by atoms with Crippen molar-refractivity contribution >= 4 is 23.5 Å². The highest BCUT2D eigenvalue weighted by atomic mass is 19.4. The fraction of sp³-hybridized carbons (Fsp3) is 0.471. The normalized spacial score (nSPS) is 22.2. The van der Waals surface area contributed by atoms with Crippen molar-refractivity contribution in [1.82, 2.24) is 5.32 Å². The molecule has 11 heteroatoms. The van der Waals surface area contributed by atoms with Crippen LogP contribution in [0.1, 0.15) is 12.8 Å². The van der Waals surface area contributed by atoms with Crippen molar-refractivity contribution in [1.29, 1.82) is 0 Å². The Morgan fingerprint density at radius 3 is 2.25 bits per heavy atom. The maximum absolute atomic E-state index is 12.2. The van der Waals surface area contributed by atoms with E-state index in [1.54, 1.807) is 24.3 Å². The Labute approximate surface area is 158 Å². The number of hydrogen-bond donors (Lipinski definition) is 3. The number of carbonyl (C=O) groups excluding carboxylic acids is 2. The molecule has 3 fully saturated rings. The molecule has 2 bridgehead atoms. The average Bonchev–Trinajstić information content (AvgIpc) is 3.22. The molecule has 0 unspecified atom stereocenters. The number of halogens is 3. The molecule has 2 saturated heterocycles. The summed E-state index contributed by atoms with van der Waals surface area (Å²) >= 11 is 0.